The highest BCUT2D eigenvalue weighted by Gasteiger charge is 2.15. The van der Waals surface area contributed by atoms with Crippen LogP contribution in [0.25, 0.3) is 38.8 Å². The lowest BCUT2D eigenvalue weighted by atomic mass is 10.1. The number of para-hydroxylation sites is 2. The molecule has 0 aliphatic rings. The monoisotopic (exact) mass is 462 g/mol. The molecule has 0 bridgehead atoms. The Balaban J connectivity index is 1.59. The van der Waals surface area contributed by atoms with Crippen molar-refractivity contribution in [2.45, 2.75) is 13.3 Å². The first kappa shape index (κ1) is 21.6. The summed E-state index contributed by atoms with van der Waals surface area (Å²) < 4.78 is 8.63. The van der Waals surface area contributed by atoms with Crippen molar-refractivity contribution in [3.63, 3.8) is 0 Å². The van der Waals surface area contributed by atoms with Gasteiger partial charge in [0, 0.05) is 17.3 Å². The number of ether oxygens (including phenoxy) is 1. The van der Waals surface area contributed by atoms with Gasteiger partial charge in [0.25, 0.3) is 0 Å². The number of hydrogen-bond donors (Lipinski definition) is 0. The minimum absolute atomic E-state index is 0.512. The van der Waals surface area contributed by atoms with Crippen molar-refractivity contribution in [1.82, 2.24) is 14.8 Å². The molecule has 0 fully saturated rings. The van der Waals surface area contributed by atoms with E-state index in [4.69, 9.17) is 9.84 Å². The molecule has 0 unspecified atom stereocenters. The average Bonchev–Trinajstić information content (AvgIpc) is 3.51. The third-order valence-corrected chi connectivity index (χ3v) is 6.38. The summed E-state index contributed by atoms with van der Waals surface area (Å²) in [6, 6.07) is 28.1. The molecule has 0 aliphatic carbocycles. The molecule has 0 amide bonds. The van der Waals surface area contributed by atoms with Crippen molar-refractivity contribution in [2.24, 2.45) is 0 Å². The zero-order valence-electron chi connectivity index (χ0n) is 18.7. The molecule has 0 aliphatic heterocycles. The van der Waals surface area contributed by atoms with Gasteiger partial charge in [-0.2, -0.15) is 10.4 Å². The topological polar surface area (TPSA) is 63.7 Å². The van der Waals surface area contributed by atoms with E-state index in [-0.39, 0.29) is 0 Å². The van der Waals surface area contributed by atoms with Crippen LogP contribution in [0.2, 0.25) is 0 Å². The minimum atomic E-state index is 0.512. The Morgan fingerprint density at radius 2 is 1.79 bits per heavy atom. The molecular formula is C28H22N4OS. The van der Waals surface area contributed by atoms with Gasteiger partial charge in [0.15, 0.2) is 0 Å². The molecule has 3 aromatic carbocycles. The summed E-state index contributed by atoms with van der Waals surface area (Å²) in [6.07, 6.45) is 4.79. The molecule has 6 heteroatoms. The molecule has 0 saturated heterocycles. The van der Waals surface area contributed by atoms with E-state index < -0.39 is 0 Å². The second-order valence-electron chi connectivity index (χ2n) is 7.74. The second kappa shape index (κ2) is 9.74. The third kappa shape index (κ3) is 4.47. The van der Waals surface area contributed by atoms with Gasteiger partial charge in [-0.25, -0.2) is 9.67 Å². The molecule has 5 nitrogen and oxygen atoms in total. The Bertz CT molecular complexity index is 1460. The molecule has 5 aromatic rings. The smallest absolute Gasteiger partial charge is 0.135 e. The molecule has 5 rings (SSSR count). The van der Waals surface area contributed by atoms with Crippen LogP contribution in [0.15, 0.2) is 85.1 Å². The Labute approximate surface area is 202 Å². The molecule has 0 spiro atoms. The van der Waals surface area contributed by atoms with E-state index in [2.05, 4.69) is 18.0 Å². The van der Waals surface area contributed by atoms with E-state index in [1.54, 1.807) is 0 Å². The van der Waals surface area contributed by atoms with E-state index in [0.29, 0.717) is 17.2 Å². The number of rotatable bonds is 7. The average molecular weight is 463 g/mol. The Hall–Kier alpha value is -4.21. The van der Waals surface area contributed by atoms with Crippen LogP contribution in [0.3, 0.4) is 0 Å². The number of allylic oxidation sites excluding steroid dienone is 1. The van der Waals surface area contributed by atoms with Crippen LogP contribution in [0.5, 0.6) is 5.75 Å². The highest BCUT2D eigenvalue weighted by molar-refractivity contribution is 7.19. The number of nitriles is 1. The molecular weight excluding hydrogens is 440 g/mol. The Morgan fingerprint density at radius 3 is 2.53 bits per heavy atom. The molecule has 166 valence electrons. The number of nitrogens with zero attached hydrogens (tertiary/aromatic N) is 4. The van der Waals surface area contributed by atoms with Gasteiger partial charge in [0.05, 0.1) is 33.8 Å². The minimum Gasteiger partial charge on any atom is -0.494 e. The van der Waals surface area contributed by atoms with Crippen LogP contribution >= 0.6 is 11.3 Å². The Morgan fingerprint density at radius 1 is 1.03 bits per heavy atom. The maximum Gasteiger partial charge on any atom is 0.135 e. The summed E-state index contributed by atoms with van der Waals surface area (Å²) >= 11 is 1.52. The number of fused-ring (bicyclic) bond motifs is 1. The first-order valence-corrected chi connectivity index (χ1v) is 11.9. The van der Waals surface area contributed by atoms with E-state index in [0.717, 1.165) is 44.9 Å². The number of aromatic nitrogens is 3. The largest absolute Gasteiger partial charge is 0.494 e. The van der Waals surface area contributed by atoms with Crippen molar-refractivity contribution >= 4 is 33.2 Å². The number of benzene rings is 3. The molecule has 0 radical (unpaired) electrons. The lowest BCUT2D eigenvalue weighted by molar-refractivity contribution is 0.317. The van der Waals surface area contributed by atoms with Crippen molar-refractivity contribution in [2.75, 3.05) is 6.61 Å². The van der Waals surface area contributed by atoms with Crippen LogP contribution in [-0.4, -0.2) is 21.4 Å². The molecule has 2 aromatic heterocycles. The van der Waals surface area contributed by atoms with Crippen molar-refractivity contribution < 1.29 is 4.74 Å². The fourth-order valence-electron chi connectivity index (χ4n) is 3.64. The molecule has 0 atom stereocenters. The number of thiazole rings is 1. The highest BCUT2D eigenvalue weighted by Crippen LogP contribution is 2.32. The molecule has 2 heterocycles. The van der Waals surface area contributed by atoms with Crippen LogP contribution in [0.4, 0.5) is 0 Å². The lowest BCUT2D eigenvalue weighted by Crippen LogP contribution is -1.95. The van der Waals surface area contributed by atoms with Crippen molar-refractivity contribution in [1.29, 1.82) is 5.26 Å². The summed E-state index contributed by atoms with van der Waals surface area (Å²) in [7, 11) is 0. The van der Waals surface area contributed by atoms with Crippen molar-refractivity contribution in [3.05, 3.63) is 95.6 Å². The highest BCUT2D eigenvalue weighted by atomic mass is 32.1. The molecule has 0 saturated carbocycles. The van der Waals surface area contributed by atoms with Gasteiger partial charge in [0.2, 0.25) is 0 Å². The summed E-state index contributed by atoms with van der Waals surface area (Å²) in [6.45, 7) is 2.77. The standard InChI is InChI=1S/C28H22N4OS/c1-2-16-33-24-14-12-20(13-15-24)27-22(19-32(31-27)23-8-4-3-5-9-23)17-21(18-29)28-30-25-10-6-7-11-26(25)34-28/h3-15,17,19H,2,16H2,1H3. The van der Waals surface area contributed by atoms with Gasteiger partial charge in [-0.3, -0.25) is 0 Å². The first-order chi connectivity index (χ1) is 16.7. The maximum absolute atomic E-state index is 9.97. The fourth-order valence-corrected chi connectivity index (χ4v) is 4.58. The van der Waals surface area contributed by atoms with Gasteiger partial charge >= 0.3 is 0 Å². The lowest BCUT2D eigenvalue weighted by Gasteiger charge is -2.05. The quantitative estimate of drug-likeness (QED) is 0.244. The van der Waals surface area contributed by atoms with E-state index in [9.17, 15) is 5.26 Å². The normalized spacial score (nSPS) is 11.5. The molecule has 34 heavy (non-hydrogen) atoms. The van der Waals surface area contributed by atoms with Gasteiger partial charge < -0.3 is 4.74 Å². The maximum atomic E-state index is 9.97. The number of hydrogen-bond acceptors (Lipinski definition) is 5. The second-order valence-corrected chi connectivity index (χ2v) is 8.77. The van der Waals surface area contributed by atoms with E-state index in [1.165, 1.54) is 11.3 Å². The van der Waals surface area contributed by atoms with Crippen molar-refractivity contribution in [3.8, 4) is 28.8 Å². The van der Waals surface area contributed by atoms with Gasteiger partial charge in [-0.05, 0) is 61.0 Å². The van der Waals surface area contributed by atoms with Crippen LogP contribution in [0, 0.1) is 11.3 Å². The molecule has 0 N–H and O–H groups in total. The predicted molar refractivity (Wildman–Crippen MR) is 138 cm³/mol. The summed E-state index contributed by atoms with van der Waals surface area (Å²) in [5.41, 5.74) is 4.95. The summed E-state index contributed by atoms with van der Waals surface area (Å²) in [5.74, 6) is 0.831. The first-order valence-electron chi connectivity index (χ1n) is 11.1. The van der Waals surface area contributed by atoms with Gasteiger partial charge in [-0.1, -0.05) is 37.3 Å². The Kier molecular flexibility index (Phi) is 6.19. The SMILES string of the molecule is CCCOc1ccc(-c2nn(-c3ccccc3)cc2C=C(C#N)c2nc3ccccc3s2)cc1. The summed E-state index contributed by atoms with van der Waals surface area (Å²) in [4.78, 5) is 4.67. The zero-order valence-corrected chi connectivity index (χ0v) is 19.5. The fraction of sp³-hybridized carbons (Fsp3) is 0.107. The van der Waals surface area contributed by atoms with E-state index in [1.807, 2.05) is 95.8 Å². The predicted octanol–water partition coefficient (Wildman–Crippen LogP) is 7.00. The van der Waals surface area contributed by atoms with E-state index >= 15 is 0 Å². The van der Waals surface area contributed by atoms with Crippen LogP contribution < -0.4 is 4.74 Å². The van der Waals surface area contributed by atoms with Gasteiger partial charge in [-0.15, -0.1) is 11.3 Å². The van der Waals surface area contributed by atoms with Gasteiger partial charge in [0.1, 0.15) is 16.8 Å². The van der Waals surface area contributed by atoms with Crippen LogP contribution in [-0.2, 0) is 0 Å². The third-order valence-electron chi connectivity index (χ3n) is 5.31. The summed E-state index contributed by atoms with van der Waals surface area (Å²) in [5, 5.41) is 15.5. The van der Waals surface area contributed by atoms with Crippen LogP contribution in [0.1, 0.15) is 23.9 Å². The zero-order chi connectivity index (χ0) is 23.3.